The van der Waals surface area contributed by atoms with Crippen LogP contribution in [0.15, 0.2) is 48.0 Å². The first-order valence-corrected chi connectivity index (χ1v) is 11.0. The van der Waals surface area contributed by atoms with Crippen LogP contribution in [0.2, 0.25) is 0 Å². The maximum absolute atomic E-state index is 12.5. The smallest absolute Gasteiger partial charge is 0.266 e. The third-order valence-corrected chi connectivity index (χ3v) is 4.97. The number of rotatable bonds is 13. The minimum Gasteiger partial charge on any atom is -0.497 e. The topological polar surface area (TPSA) is 80.6 Å². The van der Waals surface area contributed by atoms with Gasteiger partial charge in [-0.05, 0) is 54.5 Å². The molecule has 0 aliphatic heterocycles. The first kappa shape index (κ1) is 24.8. The van der Waals surface area contributed by atoms with Crippen LogP contribution in [-0.2, 0) is 4.79 Å². The van der Waals surface area contributed by atoms with Crippen LogP contribution in [0.25, 0.3) is 6.08 Å². The lowest BCUT2D eigenvalue weighted by Gasteiger charge is -2.11. The molecule has 0 aromatic heterocycles. The zero-order chi connectivity index (χ0) is 23.2. The third-order valence-electron chi connectivity index (χ3n) is 4.97. The number of methoxy groups -OCH3 is 2. The Balaban J connectivity index is 1.99. The van der Waals surface area contributed by atoms with Gasteiger partial charge in [-0.2, -0.15) is 5.26 Å². The van der Waals surface area contributed by atoms with Crippen LogP contribution in [0.3, 0.4) is 0 Å². The van der Waals surface area contributed by atoms with Gasteiger partial charge in [0.15, 0.2) is 11.5 Å². The van der Waals surface area contributed by atoms with E-state index in [1.54, 1.807) is 56.7 Å². The van der Waals surface area contributed by atoms with Crippen molar-refractivity contribution < 1.29 is 19.0 Å². The quantitative estimate of drug-likeness (QED) is 0.237. The lowest BCUT2D eigenvalue weighted by Crippen LogP contribution is -2.13. The number of hydrogen-bond donors (Lipinski definition) is 1. The summed E-state index contributed by atoms with van der Waals surface area (Å²) in [6, 6.07) is 14.2. The highest BCUT2D eigenvalue weighted by Crippen LogP contribution is 2.29. The Kier molecular flexibility index (Phi) is 10.7. The highest BCUT2D eigenvalue weighted by atomic mass is 16.5. The molecule has 2 rings (SSSR count). The summed E-state index contributed by atoms with van der Waals surface area (Å²) in [6.07, 6.45) is 8.70. The number of carbonyl (C=O) groups excluding carboxylic acids is 1. The van der Waals surface area contributed by atoms with Gasteiger partial charge < -0.3 is 19.5 Å². The van der Waals surface area contributed by atoms with Crippen LogP contribution in [0, 0.1) is 11.3 Å². The molecule has 0 unspecified atom stereocenters. The van der Waals surface area contributed by atoms with Gasteiger partial charge in [-0.1, -0.05) is 45.1 Å². The Bertz CT molecular complexity index is 930. The number of amides is 1. The van der Waals surface area contributed by atoms with E-state index in [9.17, 15) is 10.1 Å². The number of ether oxygens (including phenoxy) is 3. The first-order valence-electron chi connectivity index (χ1n) is 11.0. The van der Waals surface area contributed by atoms with Crippen LogP contribution < -0.4 is 19.5 Å². The number of nitriles is 1. The number of nitrogens with zero attached hydrogens (tertiary/aromatic N) is 1. The molecule has 2 aromatic carbocycles. The lowest BCUT2D eigenvalue weighted by molar-refractivity contribution is -0.112. The van der Waals surface area contributed by atoms with E-state index < -0.39 is 5.91 Å². The van der Waals surface area contributed by atoms with Crippen molar-refractivity contribution in [1.29, 1.82) is 5.26 Å². The standard InChI is InChI=1S/C26H32N2O4/c1-4-5-6-7-8-9-16-32-24-15-10-20(18-25(24)31-3)17-21(19-27)26(29)28-22-11-13-23(30-2)14-12-22/h10-15,17-18H,4-9,16H2,1-3H3,(H,28,29). The maximum Gasteiger partial charge on any atom is 0.266 e. The molecule has 0 aliphatic rings. The summed E-state index contributed by atoms with van der Waals surface area (Å²) in [6.45, 7) is 2.84. The summed E-state index contributed by atoms with van der Waals surface area (Å²) in [7, 11) is 3.14. The molecule has 32 heavy (non-hydrogen) atoms. The van der Waals surface area contributed by atoms with E-state index in [2.05, 4.69) is 12.2 Å². The Morgan fingerprint density at radius 3 is 2.34 bits per heavy atom. The van der Waals surface area contributed by atoms with E-state index in [-0.39, 0.29) is 5.57 Å². The van der Waals surface area contributed by atoms with Crippen LogP contribution >= 0.6 is 0 Å². The minimum atomic E-state index is -0.486. The Morgan fingerprint density at radius 2 is 1.69 bits per heavy atom. The molecule has 0 saturated carbocycles. The molecule has 0 aliphatic carbocycles. The molecule has 0 spiro atoms. The lowest BCUT2D eigenvalue weighted by atomic mass is 10.1. The van der Waals surface area contributed by atoms with Crippen LogP contribution in [0.4, 0.5) is 5.69 Å². The highest BCUT2D eigenvalue weighted by molar-refractivity contribution is 6.09. The SMILES string of the molecule is CCCCCCCCOc1ccc(C=C(C#N)C(=O)Nc2ccc(OC)cc2)cc1OC. The van der Waals surface area contributed by atoms with Crippen molar-refractivity contribution in [2.24, 2.45) is 0 Å². The summed E-state index contributed by atoms with van der Waals surface area (Å²) >= 11 is 0. The third kappa shape index (κ3) is 7.99. The molecule has 1 N–H and O–H groups in total. The summed E-state index contributed by atoms with van der Waals surface area (Å²) in [5, 5.41) is 12.2. The molecule has 0 atom stereocenters. The molecule has 0 fully saturated rings. The van der Waals surface area contributed by atoms with E-state index in [4.69, 9.17) is 14.2 Å². The largest absolute Gasteiger partial charge is 0.497 e. The molecule has 1 amide bonds. The molecular formula is C26H32N2O4. The normalized spacial score (nSPS) is 10.9. The fourth-order valence-corrected chi connectivity index (χ4v) is 3.15. The minimum absolute atomic E-state index is 0.0105. The molecule has 0 saturated heterocycles. The number of anilines is 1. The fraction of sp³-hybridized carbons (Fsp3) is 0.385. The van der Waals surface area contributed by atoms with E-state index in [1.165, 1.54) is 31.8 Å². The zero-order valence-corrected chi connectivity index (χ0v) is 19.1. The molecular weight excluding hydrogens is 404 g/mol. The predicted octanol–water partition coefficient (Wildman–Crippen LogP) is 5.99. The first-order chi connectivity index (χ1) is 15.6. The van der Waals surface area contributed by atoms with Gasteiger partial charge in [0, 0.05) is 5.69 Å². The average Bonchev–Trinajstić information content (AvgIpc) is 2.82. The molecule has 0 bridgehead atoms. The van der Waals surface area contributed by atoms with E-state index in [1.807, 2.05) is 6.07 Å². The van der Waals surface area contributed by atoms with Crippen LogP contribution in [0.1, 0.15) is 51.0 Å². The molecule has 0 heterocycles. The Morgan fingerprint density at radius 1 is 0.969 bits per heavy atom. The number of benzene rings is 2. The maximum atomic E-state index is 12.5. The number of nitrogens with one attached hydrogen (secondary N) is 1. The van der Waals surface area contributed by atoms with Crippen molar-refractivity contribution in [3.8, 4) is 23.3 Å². The average molecular weight is 437 g/mol. The van der Waals surface area contributed by atoms with Gasteiger partial charge in [0.1, 0.15) is 17.4 Å². The van der Waals surface area contributed by atoms with Crippen molar-refractivity contribution in [1.82, 2.24) is 0 Å². The fourth-order valence-electron chi connectivity index (χ4n) is 3.15. The second-order valence-corrected chi connectivity index (χ2v) is 7.38. The van der Waals surface area contributed by atoms with Crippen molar-refractivity contribution >= 4 is 17.7 Å². The monoisotopic (exact) mass is 436 g/mol. The second-order valence-electron chi connectivity index (χ2n) is 7.38. The van der Waals surface area contributed by atoms with Crippen molar-refractivity contribution in [2.45, 2.75) is 45.4 Å². The number of unbranched alkanes of at least 4 members (excludes halogenated alkanes) is 5. The predicted molar refractivity (Wildman–Crippen MR) is 127 cm³/mol. The summed E-state index contributed by atoms with van der Waals surface area (Å²) in [5.41, 5.74) is 1.24. The highest BCUT2D eigenvalue weighted by Gasteiger charge is 2.11. The number of hydrogen-bond acceptors (Lipinski definition) is 5. The molecule has 170 valence electrons. The van der Waals surface area contributed by atoms with Crippen molar-refractivity contribution in [3.63, 3.8) is 0 Å². The van der Waals surface area contributed by atoms with Gasteiger partial charge >= 0.3 is 0 Å². The Labute approximate surface area is 190 Å². The van der Waals surface area contributed by atoms with Crippen molar-refractivity contribution in [3.05, 3.63) is 53.6 Å². The van der Waals surface area contributed by atoms with Crippen LogP contribution in [-0.4, -0.2) is 26.7 Å². The van der Waals surface area contributed by atoms with E-state index >= 15 is 0 Å². The van der Waals surface area contributed by atoms with Crippen LogP contribution in [0.5, 0.6) is 17.2 Å². The summed E-state index contributed by atoms with van der Waals surface area (Å²) < 4.78 is 16.4. The summed E-state index contributed by atoms with van der Waals surface area (Å²) in [5.74, 6) is 1.42. The van der Waals surface area contributed by atoms with Gasteiger partial charge in [0.05, 0.1) is 20.8 Å². The van der Waals surface area contributed by atoms with E-state index in [0.717, 1.165) is 12.8 Å². The van der Waals surface area contributed by atoms with Gasteiger partial charge in [-0.15, -0.1) is 0 Å². The van der Waals surface area contributed by atoms with Gasteiger partial charge in [0.25, 0.3) is 5.91 Å². The Hall–Kier alpha value is -3.46. The van der Waals surface area contributed by atoms with E-state index in [0.29, 0.717) is 35.1 Å². The zero-order valence-electron chi connectivity index (χ0n) is 19.1. The summed E-state index contributed by atoms with van der Waals surface area (Å²) in [4.78, 5) is 12.5. The van der Waals surface area contributed by atoms with Gasteiger partial charge in [-0.25, -0.2) is 0 Å². The second kappa shape index (κ2) is 13.8. The van der Waals surface area contributed by atoms with Crippen molar-refractivity contribution in [2.75, 3.05) is 26.1 Å². The molecule has 2 aromatic rings. The molecule has 0 radical (unpaired) electrons. The molecule has 6 heteroatoms. The number of carbonyl (C=O) groups is 1. The molecule has 6 nitrogen and oxygen atoms in total. The van der Waals surface area contributed by atoms with Gasteiger partial charge in [-0.3, -0.25) is 4.79 Å². The van der Waals surface area contributed by atoms with Gasteiger partial charge in [0.2, 0.25) is 0 Å².